The molecule has 12 rings (SSSR count). The summed E-state index contributed by atoms with van der Waals surface area (Å²) in [5.74, 6) is 0. The Morgan fingerprint density at radius 2 is 0.900 bits per heavy atom. The predicted octanol–water partition coefficient (Wildman–Crippen LogP) is 15.7. The first-order valence-corrected chi connectivity index (χ1v) is 21.2. The van der Waals surface area contributed by atoms with Gasteiger partial charge in [-0.1, -0.05) is 167 Å². The second-order valence-corrected chi connectivity index (χ2v) is 17.7. The molecule has 0 atom stereocenters. The largest absolute Gasteiger partial charge is 0.310 e. The smallest absolute Gasteiger partial charge is 0.0547 e. The highest BCUT2D eigenvalue weighted by Crippen LogP contribution is 2.54. The summed E-state index contributed by atoms with van der Waals surface area (Å²) < 4.78 is 2.41. The molecule has 0 fully saturated rings. The van der Waals surface area contributed by atoms with Gasteiger partial charge in [0, 0.05) is 44.1 Å². The summed E-state index contributed by atoms with van der Waals surface area (Å²) in [6, 6.07) is 72.4. The fourth-order valence-corrected chi connectivity index (χ4v) is 10.8. The van der Waals surface area contributed by atoms with Crippen LogP contribution in [-0.2, 0) is 10.8 Å². The van der Waals surface area contributed by atoms with Crippen LogP contribution >= 0.6 is 0 Å². The van der Waals surface area contributed by atoms with Crippen molar-refractivity contribution in [3.63, 3.8) is 0 Å². The first kappa shape index (κ1) is 34.8. The standard InChI is InChI=1S/C58H44N2/c1-57(2)51-24-14-11-20-44(51)49-35-39(28-32-52(49)57)59(40-27-30-45-43-19-10-13-23-50(43)58(3,4)53(45)36-40)55-33-31-41(42-18-8-9-21-46(42)55)37-26-29-48-47-22-12-15-25-54(47)60(56(48)34-37)38-16-6-5-7-17-38/h5-36H,1-4H3. The maximum absolute atomic E-state index is 2.51. The Hall–Kier alpha value is -7.16. The zero-order valence-electron chi connectivity index (χ0n) is 34.4. The number of aromatic nitrogens is 1. The van der Waals surface area contributed by atoms with Crippen LogP contribution < -0.4 is 4.90 Å². The minimum absolute atomic E-state index is 0.0691. The third kappa shape index (κ3) is 4.88. The molecule has 0 amide bonds. The topological polar surface area (TPSA) is 8.17 Å². The van der Waals surface area contributed by atoms with Crippen molar-refractivity contribution >= 4 is 49.6 Å². The van der Waals surface area contributed by atoms with Crippen molar-refractivity contribution in [3.05, 3.63) is 216 Å². The normalized spacial score (nSPS) is 14.3. The number of fused-ring (bicyclic) bond motifs is 10. The van der Waals surface area contributed by atoms with E-state index in [4.69, 9.17) is 0 Å². The highest BCUT2D eigenvalue weighted by atomic mass is 15.1. The first-order chi connectivity index (χ1) is 29.3. The molecule has 0 radical (unpaired) electrons. The minimum atomic E-state index is -0.124. The Morgan fingerprint density at radius 1 is 0.350 bits per heavy atom. The molecular formula is C58H44N2. The quantitative estimate of drug-likeness (QED) is 0.169. The Bertz CT molecular complexity index is 3380. The molecule has 0 saturated heterocycles. The van der Waals surface area contributed by atoms with Crippen LogP contribution in [0, 0.1) is 0 Å². The van der Waals surface area contributed by atoms with Crippen molar-refractivity contribution in [3.8, 4) is 39.1 Å². The van der Waals surface area contributed by atoms with Crippen LogP contribution in [0.4, 0.5) is 17.1 Å². The molecular weight excluding hydrogens is 725 g/mol. The molecule has 9 aromatic carbocycles. The van der Waals surface area contributed by atoms with Gasteiger partial charge in [0.2, 0.25) is 0 Å². The third-order valence-corrected chi connectivity index (χ3v) is 13.8. The van der Waals surface area contributed by atoms with Crippen molar-refractivity contribution < 1.29 is 0 Å². The lowest BCUT2D eigenvalue weighted by Crippen LogP contribution is -2.17. The van der Waals surface area contributed by atoms with Crippen molar-refractivity contribution in [2.45, 2.75) is 38.5 Å². The summed E-state index contributed by atoms with van der Waals surface area (Å²) in [6.07, 6.45) is 0. The second kappa shape index (κ2) is 12.7. The van der Waals surface area contributed by atoms with Crippen LogP contribution in [0.5, 0.6) is 0 Å². The average molecular weight is 769 g/mol. The van der Waals surface area contributed by atoms with E-state index in [0.29, 0.717) is 0 Å². The van der Waals surface area contributed by atoms with Crippen molar-refractivity contribution in [2.75, 3.05) is 4.90 Å². The lowest BCUT2D eigenvalue weighted by atomic mass is 9.82. The molecule has 286 valence electrons. The van der Waals surface area contributed by atoms with Gasteiger partial charge in [-0.05, 0) is 116 Å². The highest BCUT2D eigenvalue weighted by Gasteiger charge is 2.37. The van der Waals surface area contributed by atoms with Crippen LogP contribution in [-0.4, -0.2) is 4.57 Å². The zero-order chi connectivity index (χ0) is 40.3. The van der Waals surface area contributed by atoms with Crippen molar-refractivity contribution in [1.82, 2.24) is 4.57 Å². The maximum Gasteiger partial charge on any atom is 0.0547 e. The number of para-hydroxylation sites is 2. The Labute approximate surface area is 351 Å². The van der Waals surface area contributed by atoms with Crippen molar-refractivity contribution in [2.24, 2.45) is 0 Å². The fraction of sp³-hybridized carbons (Fsp3) is 0.103. The summed E-state index contributed by atoms with van der Waals surface area (Å²) in [5.41, 5.74) is 20.1. The molecule has 2 aliphatic carbocycles. The maximum atomic E-state index is 2.51. The molecule has 60 heavy (non-hydrogen) atoms. The minimum Gasteiger partial charge on any atom is -0.310 e. The van der Waals surface area contributed by atoms with Crippen LogP contribution in [0.25, 0.3) is 71.6 Å². The summed E-state index contributed by atoms with van der Waals surface area (Å²) in [6.45, 7) is 9.47. The summed E-state index contributed by atoms with van der Waals surface area (Å²) in [4.78, 5) is 2.51. The molecule has 2 aliphatic rings. The number of hydrogen-bond donors (Lipinski definition) is 0. The van der Waals surface area contributed by atoms with Gasteiger partial charge in [0.15, 0.2) is 0 Å². The van der Waals surface area contributed by atoms with E-state index in [-0.39, 0.29) is 10.8 Å². The number of hydrogen-bond acceptors (Lipinski definition) is 1. The van der Waals surface area contributed by atoms with Gasteiger partial charge in [-0.15, -0.1) is 0 Å². The van der Waals surface area contributed by atoms with Gasteiger partial charge in [-0.25, -0.2) is 0 Å². The number of rotatable bonds is 5. The monoisotopic (exact) mass is 768 g/mol. The summed E-state index contributed by atoms with van der Waals surface area (Å²) >= 11 is 0. The molecule has 2 heteroatoms. The van der Waals surface area contributed by atoms with E-state index in [1.54, 1.807) is 0 Å². The molecule has 0 bridgehead atoms. The third-order valence-electron chi connectivity index (χ3n) is 13.8. The number of anilines is 3. The molecule has 0 N–H and O–H groups in total. The second-order valence-electron chi connectivity index (χ2n) is 17.7. The molecule has 10 aromatic rings. The number of nitrogens with zero attached hydrogens (tertiary/aromatic N) is 2. The molecule has 0 saturated carbocycles. The summed E-state index contributed by atoms with van der Waals surface area (Å²) in [5, 5.41) is 4.96. The van der Waals surface area contributed by atoms with Crippen LogP contribution in [0.3, 0.4) is 0 Å². The average Bonchev–Trinajstić information content (AvgIpc) is 3.83. The van der Waals surface area contributed by atoms with Gasteiger partial charge in [0.05, 0.1) is 16.7 Å². The Morgan fingerprint density at radius 3 is 1.68 bits per heavy atom. The van der Waals surface area contributed by atoms with Gasteiger partial charge in [-0.2, -0.15) is 0 Å². The predicted molar refractivity (Wildman–Crippen MR) is 254 cm³/mol. The SMILES string of the molecule is CC1(C)c2ccccc2-c2cc(N(c3ccc4c(c3)C(C)(C)c3ccccc3-4)c3ccc(-c4ccc5c6ccccc6n(-c6ccccc6)c5c4)c4ccccc34)ccc21. The van der Waals surface area contributed by atoms with E-state index in [1.165, 1.54) is 88.2 Å². The van der Waals surface area contributed by atoms with Gasteiger partial charge < -0.3 is 9.47 Å². The zero-order valence-corrected chi connectivity index (χ0v) is 34.4. The van der Waals surface area contributed by atoms with Gasteiger partial charge in [0.1, 0.15) is 0 Å². The molecule has 2 nitrogen and oxygen atoms in total. The van der Waals surface area contributed by atoms with E-state index >= 15 is 0 Å². The van der Waals surface area contributed by atoms with E-state index in [1.807, 2.05) is 0 Å². The lowest BCUT2D eigenvalue weighted by molar-refractivity contribution is 0.660. The van der Waals surface area contributed by atoms with Crippen molar-refractivity contribution in [1.29, 1.82) is 0 Å². The molecule has 0 aliphatic heterocycles. The van der Waals surface area contributed by atoms with Crippen LogP contribution in [0.1, 0.15) is 49.9 Å². The van der Waals surface area contributed by atoms with Crippen LogP contribution in [0.15, 0.2) is 194 Å². The lowest BCUT2D eigenvalue weighted by Gasteiger charge is -2.30. The highest BCUT2D eigenvalue weighted by molar-refractivity contribution is 6.12. The fourth-order valence-electron chi connectivity index (χ4n) is 10.8. The van der Waals surface area contributed by atoms with E-state index in [0.717, 1.165) is 22.7 Å². The van der Waals surface area contributed by atoms with E-state index in [9.17, 15) is 0 Å². The molecule has 1 aromatic heterocycles. The first-order valence-electron chi connectivity index (χ1n) is 21.2. The summed E-state index contributed by atoms with van der Waals surface area (Å²) in [7, 11) is 0. The number of benzene rings is 9. The van der Waals surface area contributed by atoms with E-state index in [2.05, 4.69) is 231 Å². The van der Waals surface area contributed by atoms with Gasteiger partial charge >= 0.3 is 0 Å². The van der Waals surface area contributed by atoms with Gasteiger partial charge in [0.25, 0.3) is 0 Å². The molecule has 0 spiro atoms. The molecule has 0 unspecified atom stereocenters. The molecule has 1 heterocycles. The van der Waals surface area contributed by atoms with E-state index < -0.39 is 0 Å². The van der Waals surface area contributed by atoms with Gasteiger partial charge in [-0.3, -0.25) is 0 Å². The Kier molecular flexibility index (Phi) is 7.36. The van der Waals surface area contributed by atoms with Crippen LogP contribution in [0.2, 0.25) is 0 Å². The Balaban J connectivity index is 1.08.